The first-order valence-corrected chi connectivity index (χ1v) is 11.6. The van der Waals surface area contributed by atoms with Crippen LogP contribution in [0.5, 0.6) is 5.75 Å². The number of nitrogens with one attached hydrogen (secondary N) is 1. The predicted octanol–water partition coefficient (Wildman–Crippen LogP) is 0.172. The second kappa shape index (κ2) is 9.21. The molecule has 2 heterocycles. The lowest BCUT2D eigenvalue weighted by molar-refractivity contribution is -0.127. The molecule has 2 aliphatic heterocycles. The van der Waals surface area contributed by atoms with Crippen LogP contribution in [0.3, 0.4) is 0 Å². The van der Waals surface area contributed by atoms with Crippen LogP contribution in [-0.4, -0.2) is 80.4 Å². The number of hydrogen-bond acceptors (Lipinski definition) is 6. The topological polar surface area (TPSA) is 99.2 Å². The highest BCUT2D eigenvalue weighted by atomic mass is 32.2. The lowest BCUT2D eigenvalue weighted by Gasteiger charge is -2.17. The van der Waals surface area contributed by atoms with E-state index >= 15 is 0 Å². The van der Waals surface area contributed by atoms with Gasteiger partial charge in [-0.05, 0) is 30.5 Å². The van der Waals surface area contributed by atoms with E-state index in [0.717, 1.165) is 43.5 Å². The average molecular weight is 412 g/mol. The quantitative estimate of drug-likeness (QED) is 0.562. The lowest BCUT2D eigenvalue weighted by Crippen LogP contribution is -2.42. The minimum atomic E-state index is -3.34. The summed E-state index contributed by atoms with van der Waals surface area (Å²) in [4.78, 5) is 15.5. The van der Waals surface area contributed by atoms with Gasteiger partial charge in [0.25, 0.3) is 0 Å². The third-order valence-electron chi connectivity index (χ3n) is 5.07. The van der Waals surface area contributed by atoms with Crippen LogP contribution in [0.2, 0.25) is 0 Å². The van der Waals surface area contributed by atoms with Gasteiger partial charge in [0.15, 0.2) is 0 Å². The zero-order valence-corrected chi connectivity index (χ0v) is 17.0. The van der Waals surface area contributed by atoms with Crippen LogP contribution in [0.1, 0.15) is 24.8 Å². The van der Waals surface area contributed by atoms with Gasteiger partial charge in [0.05, 0.1) is 25.0 Å². The van der Waals surface area contributed by atoms with E-state index in [0.29, 0.717) is 32.7 Å². The van der Waals surface area contributed by atoms with Crippen LogP contribution in [0, 0.1) is 0 Å². The number of carbonyl (C=O) groups excluding carboxylic acids is 1. The normalized spacial score (nSPS) is 23.5. The first-order valence-electron chi connectivity index (χ1n) is 9.67. The Labute approximate surface area is 166 Å². The van der Waals surface area contributed by atoms with Crippen molar-refractivity contribution in [1.29, 1.82) is 0 Å². The van der Waals surface area contributed by atoms with Gasteiger partial charge >= 0.3 is 0 Å². The van der Waals surface area contributed by atoms with Crippen LogP contribution in [-0.2, 0) is 21.4 Å². The molecule has 0 unspecified atom stereocenters. The fourth-order valence-electron chi connectivity index (χ4n) is 3.72. The van der Waals surface area contributed by atoms with Crippen molar-refractivity contribution in [3.63, 3.8) is 0 Å². The number of nitrogens with zero attached hydrogens (tertiary/aromatic N) is 2. The Kier molecular flexibility index (Phi) is 6.92. The van der Waals surface area contributed by atoms with Crippen LogP contribution in [0.15, 0.2) is 24.3 Å². The number of β-amino-alcohol motifs (C(OH)–C–C–N with tert-alkyl or cyclic N) is 1. The molecule has 1 amide bonds. The number of rotatable bonds is 9. The number of sulfonamides is 1. The molecule has 1 aromatic rings. The highest BCUT2D eigenvalue weighted by molar-refractivity contribution is 7.88. The lowest BCUT2D eigenvalue weighted by atomic mass is 10.2. The van der Waals surface area contributed by atoms with E-state index in [4.69, 9.17) is 4.74 Å². The number of amides is 1. The van der Waals surface area contributed by atoms with Crippen LogP contribution in [0.4, 0.5) is 0 Å². The van der Waals surface area contributed by atoms with Crippen molar-refractivity contribution >= 4 is 15.9 Å². The van der Waals surface area contributed by atoms with E-state index in [2.05, 4.69) is 4.72 Å². The summed E-state index contributed by atoms with van der Waals surface area (Å²) in [5, 5.41) is 10.0. The van der Waals surface area contributed by atoms with Crippen LogP contribution >= 0.6 is 0 Å². The van der Waals surface area contributed by atoms with Gasteiger partial charge in [-0.2, -0.15) is 0 Å². The Hall–Kier alpha value is -1.68. The first kappa shape index (κ1) is 21.0. The minimum Gasteiger partial charge on any atom is -0.494 e. The monoisotopic (exact) mass is 411 g/mol. The predicted molar refractivity (Wildman–Crippen MR) is 105 cm³/mol. The number of hydrogen-bond donors (Lipinski definition) is 2. The summed E-state index contributed by atoms with van der Waals surface area (Å²) in [6.45, 7) is 3.72. The Bertz CT molecular complexity index is 768. The molecule has 1 aromatic carbocycles. The van der Waals surface area contributed by atoms with Gasteiger partial charge in [-0.3, -0.25) is 9.69 Å². The van der Waals surface area contributed by atoms with Gasteiger partial charge < -0.3 is 14.7 Å². The number of aliphatic hydroxyl groups is 1. The third-order valence-corrected chi connectivity index (χ3v) is 5.80. The maximum atomic E-state index is 11.6. The van der Waals surface area contributed by atoms with E-state index in [1.54, 1.807) is 0 Å². The molecule has 0 aromatic heterocycles. The zero-order valence-electron chi connectivity index (χ0n) is 16.2. The van der Waals surface area contributed by atoms with Gasteiger partial charge in [0.1, 0.15) is 5.75 Å². The van der Waals surface area contributed by atoms with E-state index in [-0.39, 0.29) is 5.91 Å². The summed E-state index contributed by atoms with van der Waals surface area (Å²) in [6.07, 6.45) is 2.83. The molecule has 0 saturated carbocycles. The Morgan fingerprint density at radius 3 is 2.64 bits per heavy atom. The maximum absolute atomic E-state index is 11.6. The molecule has 0 radical (unpaired) electrons. The molecule has 2 atom stereocenters. The third kappa shape index (κ3) is 6.16. The van der Waals surface area contributed by atoms with Crippen molar-refractivity contribution in [2.45, 2.75) is 38.0 Å². The van der Waals surface area contributed by atoms with E-state index in [1.165, 1.54) is 0 Å². The van der Waals surface area contributed by atoms with Gasteiger partial charge in [-0.15, -0.1) is 0 Å². The minimum absolute atomic E-state index is 0.241. The molecule has 2 fully saturated rings. The van der Waals surface area contributed by atoms with Crippen molar-refractivity contribution in [2.75, 3.05) is 39.0 Å². The highest BCUT2D eigenvalue weighted by Crippen LogP contribution is 2.18. The molecule has 156 valence electrons. The molecule has 0 aliphatic carbocycles. The molecule has 8 nitrogen and oxygen atoms in total. The molecule has 0 spiro atoms. The Morgan fingerprint density at radius 1 is 1.25 bits per heavy atom. The molecular formula is C19H29N3O5S. The molecule has 0 bridgehead atoms. The molecule has 28 heavy (non-hydrogen) atoms. The molecule has 2 N–H and O–H groups in total. The maximum Gasteiger partial charge on any atom is 0.222 e. The summed E-state index contributed by atoms with van der Waals surface area (Å²) in [5.41, 5.74) is 1.07. The number of benzene rings is 1. The van der Waals surface area contributed by atoms with Crippen molar-refractivity contribution in [1.82, 2.24) is 14.5 Å². The average Bonchev–Trinajstić information content (AvgIpc) is 3.17. The fraction of sp³-hybridized carbons (Fsp3) is 0.632. The number of likely N-dealkylation sites (tertiary alicyclic amines) is 2. The molecule has 2 saturated heterocycles. The number of ether oxygens (including phenoxy) is 1. The molecule has 9 heteroatoms. The van der Waals surface area contributed by atoms with E-state index in [9.17, 15) is 18.3 Å². The second-order valence-corrected chi connectivity index (χ2v) is 9.37. The van der Waals surface area contributed by atoms with Crippen LogP contribution in [0.25, 0.3) is 0 Å². The summed E-state index contributed by atoms with van der Waals surface area (Å²) in [7, 11) is -3.34. The van der Waals surface area contributed by atoms with Gasteiger partial charge in [-0.1, -0.05) is 12.1 Å². The zero-order chi connectivity index (χ0) is 20.1. The number of carbonyl (C=O) groups is 1. The van der Waals surface area contributed by atoms with Crippen molar-refractivity contribution < 1.29 is 23.1 Å². The molecule has 3 rings (SSSR count). The fourth-order valence-corrected chi connectivity index (χ4v) is 4.50. The molecule has 2 aliphatic rings. The molecular weight excluding hydrogens is 382 g/mol. The Balaban J connectivity index is 1.40. The van der Waals surface area contributed by atoms with Crippen molar-refractivity contribution in [3.05, 3.63) is 29.8 Å². The van der Waals surface area contributed by atoms with Crippen molar-refractivity contribution in [2.24, 2.45) is 0 Å². The second-order valence-electron chi connectivity index (χ2n) is 7.59. The van der Waals surface area contributed by atoms with Gasteiger partial charge in [0.2, 0.25) is 15.9 Å². The van der Waals surface area contributed by atoms with Crippen molar-refractivity contribution in [3.8, 4) is 5.75 Å². The van der Waals surface area contributed by atoms with E-state index < -0.39 is 22.2 Å². The summed E-state index contributed by atoms with van der Waals surface area (Å²) >= 11 is 0. The number of aliphatic hydroxyl groups excluding tert-OH is 1. The first-order chi connectivity index (χ1) is 13.3. The van der Waals surface area contributed by atoms with Crippen LogP contribution < -0.4 is 9.46 Å². The van der Waals surface area contributed by atoms with Gasteiger partial charge in [-0.25, -0.2) is 13.1 Å². The smallest absolute Gasteiger partial charge is 0.222 e. The Morgan fingerprint density at radius 2 is 2.00 bits per heavy atom. The highest BCUT2D eigenvalue weighted by Gasteiger charge is 2.32. The standard InChI is InChI=1S/C19H29N3O5S/c1-28(25,26)20-17-13-21(14-18(17)23)12-15-5-7-16(8-6-15)27-11-3-10-22-9-2-4-19(22)24/h5-8,17-18,20,23H,2-4,9-14H2,1H3/t17-,18-/m1/s1. The van der Waals surface area contributed by atoms with E-state index in [1.807, 2.05) is 34.1 Å². The SMILES string of the molecule is CS(=O)(=O)N[C@@H]1CN(Cc2ccc(OCCCN3CCCC3=O)cc2)C[C@H]1O. The summed E-state index contributed by atoms with van der Waals surface area (Å²) < 4.78 is 30.9. The largest absolute Gasteiger partial charge is 0.494 e. The summed E-state index contributed by atoms with van der Waals surface area (Å²) in [5.74, 6) is 1.03. The summed E-state index contributed by atoms with van der Waals surface area (Å²) in [6, 6.07) is 7.30. The van der Waals surface area contributed by atoms with Gasteiger partial charge in [0, 0.05) is 39.1 Å².